The molecule has 0 aliphatic carbocycles. The molecule has 16 heavy (non-hydrogen) atoms. The number of alkyl halides is 5. The molecule has 0 atom stereocenters. The van der Waals surface area contributed by atoms with E-state index in [1.807, 2.05) is 0 Å². The zero-order chi connectivity index (χ0) is 12.4. The first kappa shape index (κ1) is 13.2. The van der Waals surface area contributed by atoms with E-state index in [1.165, 1.54) is 0 Å². The number of thioether (sulfide) groups is 1. The Morgan fingerprint density at radius 2 is 1.75 bits per heavy atom. The van der Waals surface area contributed by atoms with Gasteiger partial charge in [-0.25, -0.2) is 0 Å². The Morgan fingerprint density at radius 3 is 2.25 bits per heavy atom. The number of halogens is 5. The summed E-state index contributed by atoms with van der Waals surface area (Å²) in [6.45, 7) is -1.44. The zero-order valence-corrected chi connectivity index (χ0v) is 8.58. The van der Waals surface area contributed by atoms with E-state index < -0.39 is 35.4 Å². The highest BCUT2D eigenvalue weighted by molar-refractivity contribution is 8.00. The van der Waals surface area contributed by atoms with Crippen molar-refractivity contribution in [2.75, 3.05) is 6.61 Å². The Bertz CT molecular complexity index is 363. The minimum Gasteiger partial charge on any atom is -0.390 e. The summed E-state index contributed by atoms with van der Waals surface area (Å²) in [7, 11) is 0. The van der Waals surface area contributed by atoms with Crippen molar-refractivity contribution < 1.29 is 27.1 Å². The fraction of sp³-hybridized carbons (Fsp3) is 0.333. The van der Waals surface area contributed by atoms with Gasteiger partial charge in [0, 0.05) is 10.5 Å². The minimum absolute atomic E-state index is 0.335. The molecule has 0 amide bonds. The van der Waals surface area contributed by atoms with Crippen LogP contribution in [0.3, 0.4) is 0 Å². The summed E-state index contributed by atoms with van der Waals surface area (Å²) >= 11 is -0.473. The van der Waals surface area contributed by atoms with Crippen LogP contribution in [0.4, 0.5) is 22.0 Å². The molecule has 7 heteroatoms. The van der Waals surface area contributed by atoms with Gasteiger partial charge in [-0.05, 0) is 23.9 Å². The maximum Gasteiger partial charge on any atom is 0.446 e. The van der Waals surface area contributed by atoms with Crippen LogP contribution in [0.5, 0.6) is 0 Å². The predicted molar refractivity (Wildman–Crippen MR) is 49.3 cm³/mol. The van der Waals surface area contributed by atoms with Crippen LogP contribution in [-0.4, -0.2) is 17.2 Å². The van der Waals surface area contributed by atoms with Gasteiger partial charge >= 0.3 is 5.51 Å². The Morgan fingerprint density at radius 1 is 1.12 bits per heavy atom. The molecule has 90 valence electrons. The Kier molecular flexibility index (Phi) is 3.80. The molecule has 1 nitrogen and oxygen atoms in total. The van der Waals surface area contributed by atoms with Gasteiger partial charge in [0.15, 0.2) is 0 Å². The highest BCUT2D eigenvalue weighted by Gasteiger charge is 2.33. The van der Waals surface area contributed by atoms with Gasteiger partial charge in [0.25, 0.3) is 5.92 Å². The first-order valence-corrected chi connectivity index (χ1v) is 4.91. The molecule has 0 heterocycles. The Balaban J connectivity index is 2.96. The van der Waals surface area contributed by atoms with Crippen LogP contribution >= 0.6 is 11.8 Å². The Hall–Kier alpha value is -0.820. The molecule has 0 aliphatic heterocycles. The molecule has 1 rings (SSSR count). The van der Waals surface area contributed by atoms with Crippen LogP contribution < -0.4 is 0 Å². The van der Waals surface area contributed by atoms with E-state index in [4.69, 9.17) is 5.11 Å². The van der Waals surface area contributed by atoms with Crippen molar-refractivity contribution in [1.29, 1.82) is 0 Å². The van der Waals surface area contributed by atoms with E-state index >= 15 is 0 Å². The molecule has 0 aromatic heterocycles. The quantitative estimate of drug-likeness (QED) is 0.662. The highest BCUT2D eigenvalue weighted by Crippen LogP contribution is 2.38. The molecule has 1 N–H and O–H groups in total. The summed E-state index contributed by atoms with van der Waals surface area (Å²) in [6, 6.07) is 3.85. The summed E-state index contributed by atoms with van der Waals surface area (Å²) in [4.78, 5) is -0.335. The summed E-state index contributed by atoms with van der Waals surface area (Å²) in [5, 5.41) is 8.39. The molecule has 1 aromatic rings. The lowest BCUT2D eigenvalue weighted by atomic mass is 10.1. The van der Waals surface area contributed by atoms with Gasteiger partial charge in [0.2, 0.25) is 0 Å². The summed E-state index contributed by atoms with van der Waals surface area (Å²) < 4.78 is 61.8. The van der Waals surface area contributed by atoms with Crippen molar-refractivity contribution in [2.45, 2.75) is 16.3 Å². The monoisotopic (exact) mass is 258 g/mol. The lowest BCUT2D eigenvalue weighted by molar-refractivity contribution is -0.0558. The van der Waals surface area contributed by atoms with Gasteiger partial charge in [0.05, 0.1) is 0 Å². The van der Waals surface area contributed by atoms with Gasteiger partial charge in [0.1, 0.15) is 6.61 Å². The van der Waals surface area contributed by atoms with Gasteiger partial charge in [-0.3, -0.25) is 0 Å². The van der Waals surface area contributed by atoms with E-state index in [-0.39, 0.29) is 4.90 Å². The topological polar surface area (TPSA) is 20.2 Å². The summed E-state index contributed by atoms with van der Waals surface area (Å²) in [5.41, 5.74) is -5.16. The summed E-state index contributed by atoms with van der Waals surface area (Å²) in [5.74, 6) is -3.53. The molecule has 1 aromatic carbocycles. The second-order valence-electron chi connectivity index (χ2n) is 2.94. The van der Waals surface area contributed by atoms with E-state index in [0.29, 0.717) is 6.07 Å². The fourth-order valence-corrected chi connectivity index (χ4v) is 1.61. The van der Waals surface area contributed by atoms with Crippen molar-refractivity contribution in [2.24, 2.45) is 0 Å². The van der Waals surface area contributed by atoms with Crippen LogP contribution in [0.1, 0.15) is 5.56 Å². The zero-order valence-electron chi connectivity index (χ0n) is 7.76. The maximum absolute atomic E-state index is 13.0. The second kappa shape index (κ2) is 4.58. The molecule has 0 spiro atoms. The first-order valence-electron chi connectivity index (χ1n) is 4.09. The number of rotatable bonds is 3. The van der Waals surface area contributed by atoms with Gasteiger partial charge in [-0.2, -0.15) is 22.0 Å². The SMILES string of the molecule is OCC(F)(F)c1cccc(SC(F)(F)F)c1. The number of aliphatic hydroxyl groups is 1. The van der Waals surface area contributed by atoms with Crippen molar-refractivity contribution in [3.63, 3.8) is 0 Å². The Labute approximate surface area is 92.3 Å². The fourth-order valence-electron chi connectivity index (χ4n) is 1.01. The van der Waals surface area contributed by atoms with Crippen molar-refractivity contribution in [3.05, 3.63) is 29.8 Å². The van der Waals surface area contributed by atoms with Gasteiger partial charge < -0.3 is 5.11 Å². The normalized spacial score (nSPS) is 12.9. The van der Waals surface area contributed by atoms with E-state index in [1.54, 1.807) is 0 Å². The average molecular weight is 258 g/mol. The minimum atomic E-state index is -4.52. The third-order valence-electron chi connectivity index (χ3n) is 1.69. The average Bonchev–Trinajstić information content (AvgIpc) is 2.15. The van der Waals surface area contributed by atoms with E-state index in [0.717, 1.165) is 18.2 Å². The largest absolute Gasteiger partial charge is 0.446 e. The van der Waals surface area contributed by atoms with Crippen molar-refractivity contribution in [1.82, 2.24) is 0 Å². The maximum atomic E-state index is 13.0. The van der Waals surface area contributed by atoms with E-state index in [9.17, 15) is 22.0 Å². The standard InChI is InChI=1S/C9H7F5OS/c10-8(11,5-15)6-2-1-3-7(4-6)16-9(12,13)14/h1-4,15H,5H2. The van der Waals surface area contributed by atoms with Crippen molar-refractivity contribution in [3.8, 4) is 0 Å². The molecular formula is C9H7F5OS. The number of hydrogen-bond acceptors (Lipinski definition) is 2. The third kappa shape index (κ3) is 3.64. The highest BCUT2D eigenvalue weighted by atomic mass is 32.2. The second-order valence-corrected chi connectivity index (χ2v) is 4.08. The lowest BCUT2D eigenvalue weighted by Crippen LogP contribution is -2.18. The van der Waals surface area contributed by atoms with Crippen LogP contribution in [0.2, 0.25) is 0 Å². The van der Waals surface area contributed by atoms with Crippen LogP contribution in [0.15, 0.2) is 29.2 Å². The van der Waals surface area contributed by atoms with E-state index in [2.05, 4.69) is 0 Å². The number of hydrogen-bond donors (Lipinski definition) is 1. The molecule has 0 aliphatic rings. The number of aliphatic hydroxyl groups excluding tert-OH is 1. The third-order valence-corrected chi connectivity index (χ3v) is 2.41. The van der Waals surface area contributed by atoms with Crippen molar-refractivity contribution >= 4 is 11.8 Å². The van der Waals surface area contributed by atoms with Crippen LogP contribution in [0, 0.1) is 0 Å². The molecule has 0 saturated carbocycles. The molecular weight excluding hydrogens is 251 g/mol. The summed E-state index contributed by atoms with van der Waals surface area (Å²) in [6.07, 6.45) is 0. The lowest BCUT2D eigenvalue weighted by Gasteiger charge is -2.14. The molecule has 0 unspecified atom stereocenters. The number of benzene rings is 1. The molecule has 0 fully saturated rings. The molecule has 0 bridgehead atoms. The predicted octanol–water partition coefficient (Wildman–Crippen LogP) is 3.38. The van der Waals surface area contributed by atoms with Crippen LogP contribution in [-0.2, 0) is 5.92 Å². The van der Waals surface area contributed by atoms with Crippen LogP contribution in [0.25, 0.3) is 0 Å². The van der Waals surface area contributed by atoms with Gasteiger partial charge in [-0.15, -0.1) is 0 Å². The smallest absolute Gasteiger partial charge is 0.390 e. The van der Waals surface area contributed by atoms with Gasteiger partial charge in [-0.1, -0.05) is 12.1 Å². The first-order chi connectivity index (χ1) is 7.24. The molecule has 0 saturated heterocycles. The molecule has 0 radical (unpaired) electrons.